The summed E-state index contributed by atoms with van der Waals surface area (Å²) in [6, 6.07) is 6.61. The van der Waals surface area contributed by atoms with Gasteiger partial charge in [0.15, 0.2) is 11.4 Å². The van der Waals surface area contributed by atoms with Gasteiger partial charge in [-0.15, -0.1) is 5.10 Å². The summed E-state index contributed by atoms with van der Waals surface area (Å²) in [5.41, 5.74) is 7.61. The molecule has 0 radical (unpaired) electrons. The average Bonchev–Trinajstić information content (AvgIpc) is 3.28. The first-order valence-corrected chi connectivity index (χ1v) is 7.96. The number of hydrogen-bond acceptors (Lipinski definition) is 8. The van der Waals surface area contributed by atoms with E-state index in [1.165, 1.54) is 0 Å². The fraction of sp³-hybridized carbons (Fsp3) is 0.235. The second kappa shape index (κ2) is 6.62. The van der Waals surface area contributed by atoms with Crippen LogP contribution in [0, 0.1) is 0 Å². The molecule has 0 unspecified atom stereocenters. The predicted molar refractivity (Wildman–Crippen MR) is 93.1 cm³/mol. The van der Waals surface area contributed by atoms with Crippen molar-refractivity contribution in [1.82, 2.24) is 19.6 Å². The van der Waals surface area contributed by atoms with E-state index in [4.69, 9.17) is 24.7 Å². The molecular formula is C17H17N5O4. The summed E-state index contributed by atoms with van der Waals surface area (Å²) in [5.74, 6) is 1.44. The molecule has 0 aliphatic carbocycles. The molecule has 9 nitrogen and oxygen atoms in total. The molecule has 0 amide bonds. The number of nitrogens with zero attached hydrogens (tertiary/aromatic N) is 4. The van der Waals surface area contributed by atoms with Gasteiger partial charge < -0.3 is 24.7 Å². The zero-order chi connectivity index (χ0) is 18.1. The van der Waals surface area contributed by atoms with Crippen LogP contribution in [0.15, 0.2) is 41.1 Å². The number of imidazole rings is 1. The second-order valence-electron chi connectivity index (χ2n) is 5.68. The molecule has 0 fully saturated rings. The van der Waals surface area contributed by atoms with E-state index in [9.17, 15) is 0 Å². The van der Waals surface area contributed by atoms with Crippen LogP contribution in [0.1, 0.15) is 0 Å². The quantitative estimate of drug-likeness (QED) is 0.530. The lowest BCUT2D eigenvalue weighted by atomic mass is 10.3. The number of nitrogens with two attached hydrogens (primary N) is 1. The number of hydrogen-bond donors (Lipinski definition) is 2. The van der Waals surface area contributed by atoms with Crippen molar-refractivity contribution in [1.29, 1.82) is 0 Å². The highest BCUT2D eigenvalue weighted by atomic mass is 16.5. The van der Waals surface area contributed by atoms with Crippen LogP contribution < -0.4 is 15.2 Å². The molecular weight excluding hydrogens is 338 g/mol. The van der Waals surface area contributed by atoms with Gasteiger partial charge in [0.2, 0.25) is 11.8 Å². The monoisotopic (exact) mass is 355 g/mol. The van der Waals surface area contributed by atoms with Crippen molar-refractivity contribution in [2.45, 2.75) is 6.04 Å². The van der Waals surface area contributed by atoms with Crippen molar-refractivity contribution in [3.05, 3.63) is 36.7 Å². The van der Waals surface area contributed by atoms with Gasteiger partial charge in [-0.3, -0.25) is 0 Å². The van der Waals surface area contributed by atoms with E-state index in [1.54, 1.807) is 42.2 Å². The number of pyridine rings is 1. The summed E-state index contributed by atoms with van der Waals surface area (Å²) in [4.78, 5) is 8.51. The van der Waals surface area contributed by atoms with E-state index in [1.807, 2.05) is 6.07 Å². The van der Waals surface area contributed by atoms with E-state index in [0.29, 0.717) is 34.4 Å². The molecule has 0 saturated carbocycles. The van der Waals surface area contributed by atoms with E-state index in [2.05, 4.69) is 15.1 Å². The maximum Gasteiger partial charge on any atom is 0.231 e. The Labute approximate surface area is 148 Å². The Morgan fingerprint density at radius 1 is 1.31 bits per heavy atom. The van der Waals surface area contributed by atoms with Gasteiger partial charge >= 0.3 is 0 Å². The van der Waals surface area contributed by atoms with E-state index >= 15 is 0 Å². The van der Waals surface area contributed by atoms with Crippen molar-refractivity contribution in [3.8, 4) is 23.2 Å². The smallest absolute Gasteiger partial charge is 0.231 e. The molecule has 0 aliphatic rings. The number of rotatable bonds is 6. The Bertz CT molecular complexity index is 1060. The highest BCUT2D eigenvalue weighted by Gasteiger charge is 2.16. The van der Waals surface area contributed by atoms with Crippen molar-refractivity contribution in [2.24, 2.45) is 5.73 Å². The minimum absolute atomic E-state index is 0.159. The summed E-state index contributed by atoms with van der Waals surface area (Å²) >= 11 is 0. The van der Waals surface area contributed by atoms with Crippen LogP contribution >= 0.6 is 0 Å². The summed E-state index contributed by atoms with van der Waals surface area (Å²) in [7, 11) is 1.56. The highest BCUT2D eigenvalue weighted by molar-refractivity contribution is 5.86. The molecule has 9 heteroatoms. The Hall–Kier alpha value is -3.17. The van der Waals surface area contributed by atoms with Gasteiger partial charge in [0.05, 0.1) is 31.3 Å². The average molecular weight is 355 g/mol. The molecule has 0 spiro atoms. The van der Waals surface area contributed by atoms with E-state index in [-0.39, 0.29) is 13.2 Å². The molecule has 0 saturated heterocycles. The van der Waals surface area contributed by atoms with Crippen molar-refractivity contribution >= 4 is 16.6 Å². The standard InChI is InChI=1S/C17H17N5O4/c1-24-17-11-6-14(26-13(11)4-5-19-17)12-7-20-15-2-3-16(21-22(12)15)25-9-10(18)8-23/h2-7,10,23H,8-9,18H2,1H3/t10-/m1/s1. The molecule has 1 atom stereocenters. The number of aliphatic hydroxyl groups is 1. The van der Waals surface area contributed by atoms with Gasteiger partial charge in [0, 0.05) is 18.3 Å². The van der Waals surface area contributed by atoms with Crippen LogP contribution in [0.4, 0.5) is 0 Å². The van der Waals surface area contributed by atoms with Gasteiger partial charge in [-0.05, 0) is 12.1 Å². The van der Waals surface area contributed by atoms with Gasteiger partial charge in [-0.1, -0.05) is 0 Å². The van der Waals surface area contributed by atoms with Crippen LogP contribution in [0.2, 0.25) is 0 Å². The Morgan fingerprint density at radius 3 is 3.00 bits per heavy atom. The zero-order valence-electron chi connectivity index (χ0n) is 14.0. The fourth-order valence-electron chi connectivity index (χ4n) is 2.57. The topological polar surface area (TPSA) is 121 Å². The molecule has 26 heavy (non-hydrogen) atoms. The van der Waals surface area contributed by atoms with Crippen LogP contribution in [-0.4, -0.2) is 51.1 Å². The lowest BCUT2D eigenvalue weighted by Crippen LogP contribution is -2.31. The molecule has 4 rings (SSSR count). The number of ether oxygens (including phenoxy) is 2. The molecule has 3 N–H and O–H groups in total. The molecule has 4 aromatic rings. The Kier molecular flexibility index (Phi) is 4.15. The maximum absolute atomic E-state index is 8.99. The first kappa shape index (κ1) is 16.3. The lowest BCUT2D eigenvalue weighted by Gasteiger charge is -2.09. The minimum Gasteiger partial charge on any atom is -0.480 e. The van der Waals surface area contributed by atoms with E-state index < -0.39 is 6.04 Å². The largest absolute Gasteiger partial charge is 0.480 e. The summed E-state index contributed by atoms with van der Waals surface area (Å²) in [6.07, 6.45) is 3.29. The number of methoxy groups -OCH3 is 1. The third-order valence-electron chi connectivity index (χ3n) is 3.87. The Morgan fingerprint density at radius 2 is 2.19 bits per heavy atom. The molecule has 0 bridgehead atoms. The molecule has 134 valence electrons. The van der Waals surface area contributed by atoms with Crippen molar-refractivity contribution in [2.75, 3.05) is 20.3 Å². The lowest BCUT2D eigenvalue weighted by molar-refractivity contribution is 0.201. The molecule has 0 aromatic carbocycles. The Balaban J connectivity index is 1.74. The predicted octanol–water partition coefficient (Wildman–Crippen LogP) is 1.24. The van der Waals surface area contributed by atoms with E-state index in [0.717, 1.165) is 5.39 Å². The molecule has 4 aromatic heterocycles. The first-order valence-electron chi connectivity index (χ1n) is 7.96. The number of furan rings is 1. The third-order valence-corrected chi connectivity index (χ3v) is 3.87. The molecule has 4 heterocycles. The number of aromatic nitrogens is 4. The second-order valence-corrected chi connectivity index (χ2v) is 5.68. The van der Waals surface area contributed by atoms with Crippen LogP contribution in [-0.2, 0) is 0 Å². The zero-order valence-corrected chi connectivity index (χ0v) is 14.0. The molecule has 0 aliphatic heterocycles. The van der Waals surface area contributed by atoms with Crippen LogP contribution in [0.25, 0.3) is 28.1 Å². The van der Waals surface area contributed by atoms with Gasteiger partial charge in [-0.25, -0.2) is 14.5 Å². The first-order chi connectivity index (χ1) is 12.7. The minimum atomic E-state index is -0.468. The SMILES string of the molecule is COc1nccc2oc(-c3cnc4ccc(OC[C@H](N)CO)nn34)cc12. The van der Waals surface area contributed by atoms with Gasteiger partial charge in [0.1, 0.15) is 17.9 Å². The fourth-order valence-corrected chi connectivity index (χ4v) is 2.57. The maximum atomic E-state index is 8.99. The van der Waals surface area contributed by atoms with Crippen molar-refractivity contribution in [3.63, 3.8) is 0 Å². The number of aliphatic hydroxyl groups excluding tert-OH is 1. The summed E-state index contributed by atoms with van der Waals surface area (Å²) in [6.45, 7) is -0.0000340. The van der Waals surface area contributed by atoms with Gasteiger partial charge in [0.25, 0.3) is 0 Å². The van der Waals surface area contributed by atoms with Crippen molar-refractivity contribution < 1.29 is 19.0 Å². The van der Waals surface area contributed by atoms with Crippen LogP contribution in [0.5, 0.6) is 11.8 Å². The van der Waals surface area contributed by atoms with Crippen LogP contribution in [0.3, 0.4) is 0 Å². The highest BCUT2D eigenvalue weighted by Crippen LogP contribution is 2.32. The number of fused-ring (bicyclic) bond motifs is 2. The summed E-state index contributed by atoms with van der Waals surface area (Å²) < 4.78 is 18.3. The van der Waals surface area contributed by atoms with Gasteiger partial charge in [-0.2, -0.15) is 0 Å². The third kappa shape index (κ3) is 2.83. The normalized spacial score (nSPS) is 12.6. The summed E-state index contributed by atoms with van der Waals surface area (Å²) in [5, 5.41) is 14.2.